The van der Waals surface area contributed by atoms with E-state index in [0.29, 0.717) is 0 Å². The van der Waals surface area contributed by atoms with E-state index in [-0.39, 0.29) is 12.1 Å². The maximum Gasteiger partial charge on any atom is 0.260 e. The molecule has 0 saturated carbocycles. The normalized spacial score (nSPS) is 14.2. The van der Waals surface area contributed by atoms with Crippen molar-refractivity contribution in [2.45, 2.75) is 19.3 Å². The van der Waals surface area contributed by atoms with Crippen LogP contribution in [-0.2, 0) is 5.41 Å². The van der Waals surface area contributed by atoms with Gasteiger partial charge >= 0.3 is 0 Å². The van der Waals surface area contributed by atoms with Gasteiger partial charge in [0, 0.05) is 58.5 Å². The van der Waals surface area contributed by atoms with E-state index in [1.54, 1.807) is 0 Å². The summed E-state index contributed by atoms with van der Waals surface area (Å²) in [7, 11) is 0. The highest BCUT2D eigenvalue weighted by Gasteiger charge is 2.45. The number of anilines is 6. The van der Waals surface area contributed by atoms with E-state index in [4.69, 9.17) is 0 Å². The standard InChI is InChI=1S/C49H33BN2S2/c1-49(2)39-20-10-6-16-33(39)34-25-24-31(27-40(34)49)51(30-14-4-3-5-15-30)32-26-38-35-17-7-11-21-41(35)50-46(38)42(28-32)52(43-29-53-44-22-12-8-18-36(43)44)47-37-19-9-13-23-45(37)54-48(47)50/h3-29H,1-2H3. The minimum Gasteiger partial charge on any atom is -0.310 e. The van der Waals surface area contributed by atoms with Crippen molar-refractivity contribution in [1.29, 1.82) is 0 Å². The zero-order valence-corrected chi connectivity index (χ0v) is 31.5. The van der Waals surface area contributed by atoms with Crippen LogP contribution in [0.15, 0.2) is 163 Å². The molecular weight excluding hydrogens is 691 g/mol. The highest BCUT2D eigenvalue weighted by molar-refractivity contribution is 7.34. The Hall–Kier alpha value is -5.88. The third-order valence-corrected chi connectivity index (χ3v) is 14.3. The third-order valence-electron chi connectivity index (χ3n) is 12.1. The van der Waals surface area contributed by atoms with Crippen molar-refractivity contribution >= 4 is 99.4 Å². The van der Waals surface area contributed by atoms with Crippen LogP contribution in [0.5, 0.6) is 0 Å². The van der Waals surface area contributed by atoms with Gasteiger partial charge in [-0.2, -0.15) is 0 Å². The number of rotatable bonds is 4. The molecule has 0 saturated heterocycles. The molecule has 2 aliphatic heterocycles. The molecule has 4 heterocycles. The summed E-state index contributed by atoms with van der Waals surface area (Å²) in [6, 6.07) is 59.0. The molecule has 254 valence electrons. The predicted octanol–water partition coefficient (Wildman–Crippen LogP) is 12.2. The van der Waals surface area contributed by atoms with E-state index in [2.05, 4.69) is 187 Å². The van der Waals surface area contributed by atoms with E-state index in [0.717, 1.165) is 11.4 Å². The van der Waals surface area contributed by atoms with Crippen molar-refractivity contribution in [2.24, 2.45) is 0 Å². The number of benzene rings is 7. The molecule has 0 radical (unpaired) electrons. The lowest BCUT2D eigenvalue weighted by molar-refractivity contribution is 0.660. The van der Waals surface area contributed by atoms with Gasteiger partial charge in [-0.15, -0.1) is 22.7 Å². The average Bonchev–Trinajstić information content (AvgIpc) is 3.96. The van der Waals surface area contributed by atoms with Crippen molar-refractivity contribution in [3.63, 3.8) is 0 Å². The zero-order valence-electron chi connectivity index (χ0n) is 29.9. The Labute approximate surface area is 323 Å². The fourth-order valence-corrected chi connectivity index (χ4v) is 12.0. The van der Waals surface area contributed by atoms with Crippen LogP contribution >= 0.6 is 22.7 Å². The molecule has 12 rings (SSSR count). The van der Waals surface area contributed by atoms with Gasteiger partial charge in [-0.05, 0) is 87.4 Å². The number of nitrogens with zero attached hydrogens (tertiary/aromatic N) is 2. The molecule has 5 heteroatoms. The maximum atomic E-state index is 2.61. The molecule has 0 amide bonds. The Balaban J connectivity index is 1.16. The Bertz CT molecular complexity index is 3010. The monoisotopic (exact) mass is 724 g/mol. The van der Waals surface area contributed by atoms with Gasteiger partial charge in [-0.1, -0.05) is 129 Å². The number of para-hydroxylation sites is 1. The molecule has 54 heavy (non-hydrogen) atoms. The Morgan fingerprint density at radius 1 is 0.537 bits per heavy atom. The second-order valence-electron chi connectivity index (χ2n) is 15.3. The molecule has 0 atom stereocenters. The predicted molar refractivity (Wildman–Crippen MR) is 234 cm³/mol. The third kappa shape index (κ3) is 4.06. The molecule has 0 bridgehead atoms. The number of thiophene rings is 2. The largest absolute Gasteiger partial charge is 0.310 e. The Morgan fingerprint density at radius 3 is 2.11 bits per heavy atom. The number of fused-ring (bicyclic) bond motifs is 11. The van der Waals surface area contributed by atoms with Crippen LogP contribution < -0.4 is 25.5 Å². The summed E-state index contributed by atoms with van der Waals surface area (Å²) in [4.78, 5) is 5.10. The molecule has 3 aliphatic rings. The molecule has 0 spiro atoms. The van der Waals surface area contributed by atoms with Crippen LogP contribution in [0.1, 0.15) is 25.0 Å². The van der Waals surface area contributed by atoms with E-state index >= 15 is 0 Å². The van der Waals surface area contributed by atoms with E-state index < -0.39 is 0 Å². The van der Waals surface area contributed by atoms with Crippen molar-refractivity contribution in [3.8, 4) is 22.3 Å². The fraction of sp³-hybridized carbons (Fsp3) is 0.0612. The molecule has 2 nitrogen and oxygen atoms in total. The Morgan fingerprint density at radius 2 is 1.24 bits per heavy atom. The SMILES string of the molecule is CC1(C)c2ccccc2-c2ccc(N(c3ccccc3)c3cc4c5c(c3)N(c3csc6ccccc36)c3c(sc6ccccc36)B5c3ccccc3-4)cc21. The van der Waals surface area contributed by atoms with Gasteiger partial charge in [0.15, 0.2) is 0 Å². The number of hydrogen-bond acceptors (Lipinski definition) is 4. The first kappa shape index (κ1) is 30.6. The molecule has 0 unspecified atom stereocenters. The van der Waals surface area contributed by atoms with Gasteiger partial charge in [-0.3, -0.25) is 0 Å². The summed E-state index contributed by atoms with van der Waals surface area (Å²) in [6.07, 6.45) is 0. The van der Waals surface area contributed by atoms with Gasteiger partial charge in [0.25, 0.3) is 6.71 Å². The molecule has 0 N–H and O–H groups in total. The summed E-state index contributed by atoms with van der Waals surface area (Å²) >= 11 is 3.80. The van der Waals surface area contributed by atoms with Crippen LogP contribution in [0.2, 0.25) is 0 Å². The molecular formula is C49H33BN2S2. The van der Waals surface area contributed by atoms with Crippen molar-refractivity contribution < 1.29 is 0 Å². The summed E-state index contributed by atoms with van der Waals surface area (Å²) in [6.45, 7) is 4.92. The van der Waals surface area contributed by atoms with Crippen molar-refractivity contribution in [1.82, 2.24) is 0 Å². The van der Waals surface area contributed by atoms with Gasteiger partial charge < -0.3 is 9.80 Å². The highest BCUT2D eigenvalue weighted by atomic mass is 32.1. The van der Waals surface area contributed by atoms with Crippen LogP contribution in [0.25, 0.3) is 42.4 Å². The lowest BCUT2D eigenvalue weighted by Gasteiger charge is -2.36. The van der Waals surface area contributed by atoms with Gasteiger partial charge in [-0.25, -0.2) is 0 Å². The van der Waals surface area contributed by atoms with E-state index in [9.17, 15) is 0 Å². The molecule has 1 aliphatic carbocycles. The van der Waals surface area contributed by atoms with Crippen LogP contribution in [0.3, 0.4) is 0 Å². The summed E-state index contributed by atoms with van der Waals surface area (Å²) < 4.78 is 4.07. The second kappa shape index (κ2) is 11.1. The van der Waals surface area contributed by atoms with Crippen LogP contribution in [0, 0.1) is 0 Å². The zero-order chi connectivity index (χ0) is 35.7. The van der Waals surface area contributed by atoms with Crippen LogP contribution in [0.4, 0.5) is 34.1 Å². The van der Waals surface area contributed by atoms with Crippen molar-refractivity contribution in [3.05, 3.63) is 174 Å². The maximum absolute atomic E-state index is 2.61. The quantitative estimate of drug-likeness (QED) is 0.167. The van der Waals surface area contributed by atoms with Gasteiger partial charge in [0.2, 0.25) is 0 Å². The number of hydrogen-bond donors (Lipinski definition) is 0. The van der Waals surface area contributed by atoms with Gasteiger partial charge in [0.1, 0.15) is 0 Å². The first-order chi connectivity index (χ1) is 26.6. The molecule has 2 aromatic heterocycles. The molecule has 7 aromatic carbocycles. The molecule has 0 fully saturated rings. The van der Waals surface area contributed by atoms with E-state index in [1.165, 1.54) is 92.0 Å². The van der Waals surface area contributed by atoms with Crippen LogP contribution in [-0.4, -0.2) is 6.71 Å². The topological polar surface area (TPSA) is 6.48 Å². The van der Waals surface area contributed by atoms with Gasteiger partial charge in [0.05, 0.1) is 11.4 Å². The smallest absolute Gasteiger partial charge is 0.260 e. The fourth-order valence-electron chi connectivity index (χ4n) is 9.73. The minimum absolute atomic E-state index is 0.104. The average molecular weight is 725 g/mol. The lowest BCUT2D eigenvalue weighted by atomic mass is 9.40. The first-order valence-electron chi connectivity index (χ1n) is 18.7. The first-order valence-corrected chi connectivity index (χ1v) is 20.4. The van der Waals surface area contributed by atoms with E-state index in [1.807, 2.05) is 22.7 Å². The lowest BCUT2D eigenvalue weighted by Crippen LogP contribution is -2.53. The summed E-state index contributed by atoms with van der Waals surface area (Å²) in [5.74, 6) is 0. The second-order valence-corrected chi connectivity index (χ2v) is 17.3. The Kier molecular flexibility index (Phi) is 6.27. The molecule has 9 aromatic rings. The highest BCUT2D eigenvalue weighted by Crippen LogP contribution is 2.53. The summed E-state index contributed by atoms with van der Waals surface area (Å²) in [5, 5.41) is 4.98. The van der Waals surface area contributed by atoms with Crippen molar-refractivity contribution in [2.75, 3.05) is 9.80 Å². The summed E-state index contributed by atoms with van der Waals surface area (Å²) in [5.41, 5.74) is 18.1. The minimum atomic E-state index is -0.104.